The number of fused-ring (bicyclic) bond motifs is 1. The van der Waals surface area contributed by atoms with Gasteiger partial charge in [-0.25, -0.2) is 0 Å². The summed E-state index contributed by atoms with van der Waals surface area (Å²) in [7, 11) is 0. The van der Waals surface area contributed by atoms with Gasteiger partial charge in [-0.3, -0.25) is 0 Å². The van der Waals surface area contributed by atoms with Gasteiger partial charge in [0.1, 0.15) is 0 Å². The molecule has 0 aromatic heterocycles. The molecule has 17 heavy (non-hydrogen) atoms. The number of alkyl halides is 2. The molecule has 1 aliphatic carbocycles. The highest BCUT2D eigenvalue weighted by Crippen LogP contribution is 2.52. The van der Waals surface area contributed by atoms with Crippen molar-refractivity contribution in [3.8, 4) is 0 Å². The van der Waals surface area contributed by atoms with Crippen molar-refractivity contribution in [3.05, 3.63) is 64.2 Å². The first-order valence-corrected chi connectivity index (χ1v) is 5.99. The Morgan fingerprint density at radius 2 is 2.06 bits per heavy atom. The molecule has 0 aliphatic heterocycles. The summed E-state index contributed by atoms with van der Waals surface area (Å²) in [5, 5.41) is 0. The summed E-state index contributed by atoms with van der Waals surface area (Å²) in [5.41, 5.74) is 1.22. The van der Waals surface area contributed by atoms with Crippen LogP contribution in [0.1, 0.15) is 18.1 Å². The van der Waals surface area contributed by atoms with Crippen LogP contribution >= 0.6 is 15.9 Å². The van der Waals surface area contributed by atoms with Crippen LogP contribution < -0.4 is 0 Å². The smallest absolute Gasteiger partial charge is 0.196 e. The standard InChI is InChI=1S/C14H11BrF2/c1-3-5-10-11-7-6-9(15)8-13(11)14(16,17)12(10)4-2/h3-8H,1H2,2H3. The van der Waals surface area contributed by atoms with E-state index in [1.807, 2.05) is 0 Å². The first-order valence-electron chi connectivity index (χ1n) is 5.20. The molecule has 3 heteroatoms. The lowest BCUT2D eigenvalue weighted by molar-refractivity contribution is 0.0477. The zero-order valence-electron chi connectivity index (χ0n) is 9.31. The van der Waals surface area contributed by atoms with E-state index in [1.54, 1.807) is 25.1 Å². The monoisotopic (exact) mass is 296 g/mol. The average molecular weight is 297 g/mol. The van der Waals surface area contributed by atoms with Crippen molar-refractivity contribution >= 4 is 21.5 Å². The molecule has 1 aromatic carbocycles. The van der Waals surface area contributed by atoms with E-state index in [-0.39, 0.29) is 11.1 Å². The SMILES string of the molecule is C=CC=C1C(=CC)C(F)(F)c2cc(Br)ccc21. The van der Waals surface area contributed by atoms with Gasteiger partial charge in [-0.1, -0.05) is 46.8 Å². The molecule has 0 amide bonds. The molecule has 0 saturated heterocycles. The van der Waals surface area contributed by atoms with Crippen LogP contribution in [-0.2, 0) is 5.92 Å². The van der Waals surface area contributed by atoms with E-state index >= 15 is 0 Å². The van der Waals surface area contributed by atoms with Gasteiger partial charge in [0, 0.05) is 15.6 Å². The molecule has 88 valence electrons. The number of hydrogen-bond acceptors (Lipinski definition) is 0. The second kappa shape index (κ2) is 4.22. The molecule has 0 atom stereocenters. The Balaban J connectivity index is 2.78. The van der Waals surface area contributed by atoms with Gasteiger partial charge in [0.15, 0.2) is 0 Å². The van der Waals surface area contributed by atoms with Crippen molar-refractivity contribution in [3.63, 3.8) is 0 Å². The molecule has 2 rings (SSSR count). The number of allylic oxidation sites excluding steroid dienone is 5. The molecular formula is C14H11BrF2. The van der Waals surface area contributed by atoms with Crippen LogP contribution in [0.25, 0.3) is 5.57 Å². The van der Waals surface area contributed by atoms with Crippen molar-refractivity contribution in [2.75, 3.05) is 0 Å². The second-order valence-corrected chi connectivity index (χ2v) is 4.70. The summed E-state index contributed by atoms with van der Waals surface area (Å²) < 4.78 is 29.0. The Labute approximate surface area is 107 Å². The second-order valence-electron chi connectivity index (χ2n) is 3.78. The average Bonchev–Trinajstić information content (AvgIpc) is 2.48. The minimum atomic E-state index is -2.93. The highest BCUT2D eigenvalue weighted by molar-refractivity contribution is 9.10. The molecule has 0 spiro atoms. The lowest BCUT2D eigenvalue weighted by Gasteiger charge is -2.12. The van der Waals surface area contributed by atoms with Crippen molar-refractivity contribution in [2.24, 2.45) is 0 Å². The van der Waals surface area contributed by atoms with E-state index in [1.165, 1.54) is 18.2 Å². The van der Waals surface area contributed by atoms with Gasteiger partial charge in [-0.15, -0.1) is 0 Å². The molecule has 0 nitrogen and oxygen atoms in total. The Morgan fingerprint density at radius 3 is 2.65 bits per heavy atom. The zero-order valence-corrected chi connectivity index (χ0v) is 10.9. The van der Waals surface area contributed by atoms with Crippen LogP contribution in [0.15, 0.2) is 53.1 Å². The summed E-state index contributed by atoms with van der Waals surface area (Å²) in [4.78, 5) is 0. The Bertz CT molecular complexity index is 539. The molecule has 0 bridgehead atoms. The zero-order chi connectivity index (χ0) is 12.6. The van der Waals surface area contributed by atoms with Gasteiger partial charge in [-0.05, 0) is 30.2 Å². The van der Waals surface area contributed by atoms with Crippen LogP contribution in [-0.4, -0.2) is 0 Å². The maximum atomic E-state index is 14.2. The summed E-state index contributed by atoms with van der Waals surface area (Å²) >= 11 is 3.22. The van der Waals surface area contributed by atoms with Gasteiger partial charge in [0.05, 0.1) is 0 Å². The molecule has 0 saturated carbocycles. The quantitative estimate of drug-likeness (QED) is 0.679. The topological polar surface area (TPSA) is 0 Å². The third kappa shape index (κ3) is 1.78. The number of halogens is 3. The Hall–Kier alpha value is -1.22. The lowest BCUT2D eigenvalue weighted by atomic mass is 10.0. The predicted octanol–water partition coefficient (Wildman–Crippen LogP) is 5.07. The third-order valence-corrected chi connectivity index (χ3v) is 3.30. The number of hydrogen-bond donors (Lipinski definition) is 0. The van der Waals surface area contributed by atoms with Crippen LogP contribution in [0.3, 0.4) is 0 Å². The van der Waals surface area contributed by atoms with Crippen LogP contribution in [0.4, 0.5) is 8.78 Å². The fourth-order valence-electron chi connectivity index (χ4n) is 2.10. The largest absolute Gasteiger partial charge is 0.299 e. The molecule has 1 aliphatic rings. The maximum Gasteiger partial charge on any atom is 0.299 e. The minimum Gasteiger partial charge on any atom is -0.196 e. The van der Waals surface area contributed by atoms with E-state index in [4.69, 9.17) is 0 Å². The van der Waals surface area contributed by atoms with Crippen LogP contribution in [0.5, 0.6) is 0 Å². The maximum absolute atomic E-state index is 14.2. The molecule has 0 radical (unpaired) electrons. The molecule has 0 heterocycles. The molecule has 0 unspecified atom stereocenters. The van der Waals surface area contributed by atoms with E-state index in [0.29, 0.717) is 15.6 Å². The van der Waals surface area contributed by atoms with Gasteiger partial charge >= 0.3 is 0 Å². The fraction of sp³-hybridized carbons (Fsp3) is 0.143. The summed E-state index contributed by atoms with van der Waals surface area (Å²) in [6.45, 7) is 5.20. The summed E-state index contributed by atoms with van der Waals surface area (Å²) in [6.07, 6.45) is 4.62. The number of benzene rings is 1. The first-order chi connectivity index (χ1) is 8.02. The van der Waals surface area contributed by atoms with Crippen molar-refractivity contribution in [1.82, 2.24) is 0 Å². The molecule has 0 N–H and O–H groups in total. The van der Waals surface area contributed by atoms with Crippen molar-refractivity contribution in [1.29, 1.82) is 0 Å². The minimum absolute atomic E-state index is 0.0468. The van der Waals surface area contributed by atoms with Crippen LogP contribution in [0.2, 0.25) is 0 Å². The lowest BCUT2D eigenvalue weighted by Crippen LogP contribution is -2.10. The van der Waals surface area contributed by atoms with Crippen molar-refractivity contribution in [2.45, 2.75) is 12.8 Å². The highest BCUT2D eigenvalue weighted by Gasteiger charge is 2.46. The highest BCUT2D eigenvalue weighted by atomic mass is 79.9. The number of rotatable bonds is 1. The van der Waals surface area contributed by atoms with E-state index < -0.39 is 5.92 Å². The van der Waals surface area contributed by atoms with E-state index in [9.17, 15) is 8.78 Å². The molecule has 1 aromatic rings. The molecule has 0 fully saturated rings. The van der Waals surface area contributed by atoms with Crippen molar-refractivity contribution < 1.29 is 8.78 Å². The summed E-state index contributed by atoms with van der Waals surface area (Å²) in [6, 6.07) is 4.95. The van der Waals surface area contributed by atoms with Crippen LogP contribution in [0, 0.1) is 0 Å². The summed E-state index contributed by atoms with van der Waals surface area (Å²) in [5.74, 6) is -2.93. The fourth-order valence-corrected chi connectivity index (χ4v) is 2.47. The van der Waals surface area contributed by atoms with Gasteiger partial charge in [-0.2, -0.15) is 8.78 Å². The normalized spacial score (nSPS) is 21.9. The predicted molar refractivity (Wildman–Crippen MR) is 70.0 cm³/mol. The van der Waals surface area contributed by atoms with Gasteiger partial charge in [0.2, 0.25) is 0 Å². The van der Waals surface area contributed by atoms with E-state index in [2.05, 4.69) is 22.5 Å². The third-order valence-electron chi connectivity index (χ3n) is 2.81. The van der Waals surface area contributed by atoms with Gasteiger partial charge < -0.3 is 0 Å². The Morgan fingerprint density at radius 1 is 1.35 bits per heavy atom. The molecular weight excluding hydrogens is 286 g/mol. The van der Waals surface area contributed by atoms with Gasteiger partial charge in [0.25, 0.3) is 5.92 Å². The first kappa shape index (κ1) is 12.2. The Kier molecular flexibility index (Phi) is 3.04. The van der Waals surface area contributed by atoms with E-state index in [0.717, 1.165) is 0 Å².